The van der Waals surface area contributed by atoms with Crippen LogP contribution in [0.2, 0.25) is 0 Å². The summed E-state index contributed by atoms with van der Waals surface area (Å²) in [4.78, 5) is 11.8. The molecular weight excluding hydrogens is 897 g/mol. The molecule has 3 aromatic rings. The summed E-state index contributed by atoms with van der Waals surface area (Å²) in [5, 5.41) is 0.553. The summed E-state index contributed by atoms with van der Waals surface area (Å²) < 4.78 is 142. The van der Waals surface area contributed by atoms with E-state index in [9.17, 15) is 44.3 Å². The summed E-state index contributed by atoms with van der Waals surface area (Å²) >= 11 is 4.55. The first-order chi connectivity index (χ1) is 21.8. The van der Waals surface area contributed by atoms with Crippen molar-refractivity contribution in [3.8, 4) is 16.2 Å². The van der Waals surface area contributed by atoms with Gasteiger partial charge in [0.25, 0.3) is 0 Å². The molecule has 0 aliphatic heterocycles. The molecule has 1 heterocycles. The number of esters is 1. The fourth-order valence-corrected chi connectivity index (χ4v) is 5.86. The van der Waals surface area contributed by atoms with E-state index in [0.29, 0.717) is 31.4 Å². The Hall–Kier alpha value is -1.58. The number of benzene rings is 2. The van der Waals surface area contributed by atoms with Gasteiger partial charge in [-0.1, -0.05) is 77.1 Å². The van der Waals surface area contributed by atoms with Crippen molar-refractivity contribution in [1.82, 2.24) is 0 Å². The lowest BCUT2D eigenvalue weighted by Crippen LogP contribution is -2.41. The Kier molecular flexibility index (Phi) is 14.3. The Morgan fingerprint density at radius 1 is 0.872 bits per heavy atom. The molecular formula is C30H29F9I2O5S. The molecule has 5 nitrogen and oxygen atoms in total. The third-order valence-electron chi connectivity index (χ3n) is 6.44. The van der Waals surface area contributed by atoms with Crippen molar-refractivity contribution in [2.75, 3.05) is 17.6 Å². The van der Waals surface area contributed by atoms with Crippen LogP contribution in [0.25, 0.3) is 20.5 Å². The van der Waals surface area contributed by atoms with Crippen molar-refractivity contribution < 1.29 is 63.3 Å². The molecule has 0 spiro atoms. The number of halogens is 11. The number of rotatable bonds is 18. The van der Waals surface area contributed by atoms with Gasteiger partial charge < -0.3 is 9.47 Å². The van der Waals surface area contributed by atoms with E-state index in [0.717, 1.165) is 36.7 Å². The quantitative estimate of drug-likeness (QED) is 0.0318. The number of carbonyl (C=O) groups is 1. The van der Waals surface area contributed by atoms with Crippen molar-refractivity contribution in [2.45, 2.75) is 74.1 Å². The molecule has 0 bridgehead atoms. The van der Waals surface area contributed by atoms with Gasteiger partial charge in [0.1, 0.15) is 9.67 Å². The molecule has 262 valence electrons. The molecule has 0 N–H and O–H groups in total. The van der Waals surface area contributed by atoms with Gasteiger partial charge in [0, 0.05) is 19.6 Å². The average molecular weight is 926 g/mol. The van der Waals surface area contributed by atoms with Gasteiger partial charge >= 0.3 is 30.7 Å². The van der Waals surface area contributed by atoms with E-state index in [1.807, 2.05) is 29.5 Å². The fraction of sp³-hybridized carbons (Fsp3) is 0.500. The van der Waals surface area contributed by atoms with E-state index in [2.05, 4.69) is 14.2 Å². The van der Waals surface area contributed by atoms with E-state index in [1.165, 1.54) is 24.3 Å². The second-order valence-corrected chi connectivity index (χ2v) is 13.7. The first-order valence-electron chi connectivity index (χ1n) is 14.1. The first-order valence-corrected chi connectivity index (χ1v) is 17.7. The normalized spacial score (nSPS) is 13.6. The SMILES string of the molecule is CCCCCc1ccc(-c2cc3ccc(OCCC(F)(F)OC(F)(F)OC(F)(F)CCOC(=O)C(I)CI)cc3s2)c(C(F)(F)F)c1. The molecule has 2 aromatic carbocycles. The Morgan fingerprint density at radius 2 is 1.53 bits per heavy atom. The zero-order chi connectivity index (χ0) is 35.0. The van der Waals surface area contributed by atoms with Crippen LogP contribution in [0.15, 0.2) is 42.5 Å². The van der Waals surface area contributed by atoms with Crippen LogP contribution in [0.3, 0.4) is 0 Å². The molecule has 0 aliphatic rings. The topological polar surface area (TPSA) is 54.0 Å². The van der Waals surface area contributed by atoms with Crippen LogP contribution in [0.1, 0.15) is 50.2 Å². The lowest BCUT2D eigenvalue weighted by atomic mass is 9.98. The van der Waals surface area contributed by atoms with Crippen LogP contribution >= 0.6 is 56.5 Å². The van der Waals surface area contributed by atoms with Crippen LogP contribution < -0.4 is 4.74 Å². The predicted octanol–water partition coefficient (Wildman–Crippen LogP) is 11.0. The second-order valence-electron chi connectivity index (χ2n) is 10.2. The summed E-state index contributed by atoms with van der Waals surface area (Å²) in [6, 6.07) is 10.0. The Labute approximate surface area is 295 Å². The highest BCUT2D eigenvalue weighted by Crippen LogP contribution is 2.43. The summed E-state index contributed by atoms with van der Waals surface area (Å²) in [7, 11) is 0. The summed E-state index contributed by atoms with van der Waals surface area (Å²) in [5.74, 6) is -0.855. The minimum absolute atomic E-state index is 0.00409. The van der Waals surface area contributed by atoms with Crippen LogP contribution in [0, 0.1) is 0 Å². The Morgan fingerprint density at radius 3 is 2.15 bits per heavy atom. The van der Waals surface area contributed by atoms with Crippen molar-refractivity contribution in [1.29, 1.82) is 0 Å². The molecule has 0 saturated heterocycles. The van der Waals surface area contributed by atoms with E-state index in [4.69, 9.17) is 4.74 Å². The summed E-state index contributed by atoms with van der Waals surface area (Å²) in [6.45, 7) is 0.0927. The van der Waals surface area contributed by atoms with Gasteiger partial charge in [-0.2, -0.15) is 30.7 Å². The van der Waals surface area contributed by atoms with Gasteiger partial charge in [0.15, 0.2) is 0 Å². The number of carbonyl (C=O) groups excluding carboxylic acids is 1. The standard InChI is InChI=1S/C30H29F9I2O5S/c1-2-3-4-5-18-6-9-21(22(14-18)29(35,36)37)25-15-19-7-8-20(16-24(19)47-25)43-12-10-27(31,32)45-30(38,39)46-28(33,34)11-13-44-26(42)23(41)17-40/h6-9,14-16,23H,2-5,10-13,17H2,1H3. The van der Waals surface area contributed by atoms with E-state index < -0.39 is 66.2 Å². The molecule has 17 heteroatoms. The van der Waals surface area contributed by atoms with Crippen molar-refractivity contribution in [3.63, 3.8) is 0 Å². The van der Waals surface area contributed by atoms with Crippen molar-refractivity contribution in [2.24, 2.45) is 0 Å². The van der Waals surface area contributed by atoms with Gasteiger partial charge in [0.05, 0.1) is 31.6 Å². The third kappa shape index (κ3) is 12.7. The van der Waals surface area contributed by atoms with Crippen molar-refractivity contribution in [3.05, 3.63) is 53.6 Å². The highest BCUT2D eigenvalue weighted by Gasteiger charge is 2.52. The van der Waals surface area contributed by atoms with E-state index in [1.54, 1.807) is 34.7 Å². The maximum Gasteiger partial charge on any atom is 0.494 e. The van der Waals surface area contributed by atoms with Crippen LogP contribution in [-0.2, 0) is 31.6 Å². The largest absolute Gasteiger partial charge is 0.494 e. The highest BCUT2D eigenvalue weighted by molar-refractivity contribution is 14.1. The zero-order valence-electron chi connectivity index (χ0n) is 24.6. The Balaban J connectivity index is 1.61. The lowest BCUT2D eigenvalue weighted by molar-refractivity contribution is -0.514. The molecule has 1 aromatic heterocycles. The lowest BCUT2D eigenvalue weighted by Gasteiger charge is -2.26. The number of fused-ring (bicyclic) bond motifs is 1. The molecule has 3 rings (SSSR count). The smallest absolute Gasteiger partial charge is 0.493 e. The number of ether oxygens (including phenoxy) is 4. The number of alkyl halides is 11. The van der Waals surface area contributed by atoms with Crippen LogP contribution in [-0.4, -0.2) is 46.0 Å². The van der Waals surface area contributed by atoms with Gasteiger partial charge in [-0.25, -0.2) is 9.47 Å². The maximum atomic E-state index is 14.1. The minimum Gasteiger partial charge on any atom is -0.493 e. The van der Waals surface area contributed by atoms with Gasteiger partial charge in [0.2, 0.25) is 0 Å². The molecule has 0 aliphatic carbocycles. The average Bonchev–Trinajstić information content (AvgIpc) is 3.38. The minimum atomic E-state index is -5.42. The molecule has 0 amide bonds. The number of aryl methyl sites for hydroxylation is 1. The fourth-order valence-electron chi connectivity index (χ4n) is 4.19. The monoisotopic (exact) mass is 926 g/mol. The van der Waals surface area contributed by atoms with Gasteiger partial charge in [-0.05, 0) is 54.1 Å². The molecule has 1 unspecified atom stereocenters. The molecule has 0 fully saturated rings. The van der Waals surface area contributed by atoms with Gasteiger partial charge in [-0.3, -0.25) is 4.79 Å². The number of thiophene rings is 1. The van der Waals surface area contributed by atoms with E-state index in [-0.39, 0.29) is 11.3 Å². The number of unbranched alkanes of at least 4 members (excludes halogenated alkanes) is 2. The highest BCUT2D eigenvalue weighted by atomic mass is 127. The molecule has 0 saturated carbocycles. The predicted molar refractivity (Wildman–Crippen MR) is 175 cm³/mol. The van der Waals surface area contributed by atoms with Crippen LogP contribution in [0.4, 0.5) is 39.5 Å². The first kappa shape index (κ1) is 39.9. The maximum absolute atomic E-state index is 14.1. The number of hydrogen-bond acceptors (Lipinski definition) is 6. The van der Waals surface area contributed by atoms with Crippen LogP contribution in [0.5, 0.6) is 5.75 Å². The third-order valence-corrected chi connectivity index (χ3v) is 11.1. The molecule has 47 heavy (non-hydrogen) atoms. The van der Waals surface area contributed by atoms with Gasteiger partial charge in [-0.15, -0.1) is 20.1 Å². The van der Waals surface area contributed by atoms with E-state index >= 15 is 0 Å². The summed E-state index contributed by atoms with van der Waals surface area (Å²) in [5.41, 5.74) is -0.221. The second kappa shape index (κ2) is 16.9. The molecule has 1 atom stereocenters. The Bertz CT molecular complexity index is 1480. The number of hydrogen-bond donors (Lipinski definition) is 0. The van der Waals surface area contributed by atoms with Crippen molar-refractivity contribution >= 4 is 72.6 Å². The summed E-state index contributed by atoms with van der Waals surface area (Å²) in [6.07, 6.45) is -19.3. The molecule has 0 radical (unpaired) electrons. The zero-order valence-corrected chi connectivity index (χ0v) is 29.7.